The molecule has 2 aromatic rings. The van der Waals surface area contributed by atoms with E-state index in [9.17, 15) is 4.79 Å². The summed E-state index contributed by atoms with van der Waals surface area (Å²) < 4.78 is 0. The molecule has 1 atom stereocenters. The fourth-order valence-electron chi connectivity index (χ4n) is 2.09. The van der Waals surface area contributed by atoms with Crippen molar-refractivity contribution in [2.45, 2.75) is 25.7 Å². The molecule has 0 radical (unpaired) electrons. The maximum atomic E-state index is 10.6. The molecule has 5 heteroatoms. The van der Waals surface area contributed by atoms with Crippen LogP contribution in [0.15, 0.2) is 18.3 Å². The molecule has 96 valence electrons. The Morgan fingerprint density at radius 2 is 2.17 bits per heavy atom. The monoisotopic (exact) mass is 285 g/mol. The van der Waals surface area contributed by atoms with Gasteiger partial charge in [-0.15, -0.1) is 0 Å². The van der Waals surface area contributed by atoms with Crippen molar-refractivity contribution in [1.82, 2.24) is 4.98 Å². The van der Waals surface area contributed by atoms with E-state index in [0.29, 0.717) is 16.5 Å². The number of benzene rings is 1. The maximum Gasteiger partial charge on any atom is 0.303 e. The molecule has 0 aliphatic carbocycles. The second kappa shape index (κ2) is 5.21. The first kappa shape index (κ1) is 13.2. The van der Waals surface area contributed by atoms with Crippen LogP contribution >= 0.6 is 23.2 Å². The summed E-state index contributed by atoms with van der Waals surface area (Å²) in [6.45, 7) is 2.00. The summed E-state index contributed by atoms with van der Waals surface area (Å²) in [4.78, 5) is 13.7. The molecule has 0 saturated heterocycles. The quantitative estimate of drug-likeness (QED) is 0.872. The molecule has 1 heterocycles. The van der Waals surface area contributed by atoms with Gasteiger partial charge >= 0.3 is 5.97 Å². The Morgan fingerprint density at radius 3 is 2.83 bits per heavy atom. The predicted octanol–water partition coefficient (Wildman–Crippen LogP) is 4.44. The Kier molecular flexibility index (Phi) is 3.83. The molecule has 0 amide bonds. The van der Waals surface area contributed by atoms with Crippen molar-refractivity contribution in [3.63, 3.8) is 0 Å². The zero-order valence-electron chi connectivity index (χ0n) is 9.84. The SMILES string of the molecule is CC(CCC(=O)O)c1c[nH]c2cc(Cl)cc(Cl)c12. The number of aromatic amines is 1. The van der Waals surface area contributed by atoms with Crippen molar-refractivity contribution in [2.24, 2.45) is 0 Å². The third-order valence-corrected chi connectivity index (χ3v) is 3.57. The number of nitrogens with one attached hydrogen (secondary N) is 1. The van der Waals surface area contributed by atoms with Crippen molar-refractivity contribution < 1.29 is 9.90 Å². The number of halogens is 2. The summed E-state index contributed by atoms with van der Waals surface area (Å²) in [5.41, 5.74) is 1.91. The smallest absolute Gasteiger partial charge is 0.303 e. The lowest BCUT2D eigenvalue weighted by atomic mass is 9.96. The van der Waals surface area contributed by atoms with Gasteiger partial charge in [-0.05, 0) is 30.0 Å². The van der Waals surface area contributed by atoms with Crippen LogP contribution in [0.4, 0.5) is 0 Å². The zero-order chi connectivity index (χ0) is 13.3. The molecule has 1 aromatic carbocycles. The summed E-state index contributed by atoms with van der Waals surface area (Å²) in [7, 11) is 0. The molecule has 1 unspecified atom stereocenters. The fraction of sp³-hybridized carbons (Fsp3) is 0.308. The number of aliphatic carboxylic acids is 1. The number of carboxylic acid groups (broad SMARTS) is 1. The Bertz CT molecular complexity index is 592. The van der Waals surface area contributed by atoms with Gasteiger partial charge in [0.15, 0.2) is 0 Å². The van der Waals surface area contributed by atoms with Crippen molar-refractivity contribution in [3.8, 4) is 0 Å². The normalized spacial score (nSPS) is 12.8. The van der Waals surface area contributed by atoms with E-state index in [0.717, 1.165) is 16.5 Å². The van der Waals surface area contributed by atoms with E-state index in [-0.39, 0.29) is 12.3 Å². The number of aromatic nitrogens is 1. The van der Waals surface area contributed by atoms with Crippen LogP contribution in [0, 0.1) is 0 Å². The fourth-order valence-corrected chi connectivity index (χ4v) is 2.70. The first-order chi connectivity index (χ1) is 8.49. The molecule has 1 aromatic heterocycles. The van der Waals surface area contributed by atoms with Gasteiger partial charge in [-0.3, -0.25) is 4.79 Å². The number of hydrogen-bond acceptors (Lipinski definition) is 1. The van der Waals surface area contributed by atoms with Crippen LogP contribution in [-0.2, 0) is 4.79 Å². The van der Waals surface area contributed by atoms with Gasteiger partial charge in [-0.2, -0.15) is 0 Å². The number of fused-ring (bicyclic) bond motifs is 1. The molecule has 0 saturated carbocycles. The number of hydrogen-bond donors (Lipinski definition) is 2. The van der Waals surface area contributed by atoms with Crippen LogP contribution in [0.2, 0.25) is 10.0 Å². The summed E-state index contributed by atoms with van der Waals surface area (Å²) in [6.07, 6.45) is 2.61. The minimum atomic E-state index is -0.782. The van der Waals surface area contributed by atoms with Crippen molar-refractivity contribution in [2.75, 3.05) is 0 Å². The van der Waals surface area contributed by atoms with Gasteiger partial charge in [0.1, 0.15) is 0 Å². The van der Waals surface area contributed by atoms with Crippen LogP contribution < -0.4 is 0 Å². The van der Waals surface area contributed by atoms with E-state index in [1.54, 1.807) is 6.07 Å². The highest BCUT2D eigenvalue weighted by Gasteiger charge is 2.15. The Labute approximate surface area is 115 Å². The summed E-state index contributed by atoms with van der Waals surface area (Å²) in [6, 6.07) is 3.52. The third-order valence-electron chi connectivity index (χ3n) is 3.05. The molecule has 2 N–H and O–H groups in total. The first-order valence-corrected chi connectivity index (χ1v) is 6.42. The first-order valence-electron chi connectivity index (χ1n) is 5.67. The number of carbonyl (C=O) groups is 1. The Morgan fingerprint density at radius 1 is 1.44 bits per heavy atom. The summed E-state index contributed by atoms with van der Waals surface area (Å²) in [5.74, 6) is -0.649. The minimum Gasteiger partial charge on any atom is -0.481 e. The van der Waals surface area contributed by atoms with E-state index in [2.05, 4.69) is 4.98 Å². The van der Waals surface area contributed by atoms with Gasteiger partial charge in [0.2, 0.25) is 0 Å². The molecule has 18 heavy (non-hydrogen) atoms. The van der Waals surface area contributed by atoms with Crippen LogP contribution in [0.1, 0.15) is 31.2 Å². The largest absolute Gasteiger partial charge is 0.481 e. The molecule has 0 spiro atoms. The van der Waals surface area contributed by atoms with Gasteiger partial charge in [0.25, 0.3) is 0 Å². The predicted molar refractivity (Wildman–Crippen MR) is 73.6 cm³/mol. The van der Waals surface area contributed by atoms with E-state index in [1.165, 1.54) is 0 Å². The maximum absolute atomic E-state index is 10.6. The number of carboxylic acids is 1. The molecule has 0 fully saturated rings. The molecule has 3 nitrogen and oxygen atoms in total. The van der Waals surface area contributed by atoms with Crippen LogP contribution in [0.25, 0.3) is 10.9 Å². The second-order valence-electron chi connectivity index (χ2n) is 4.39. The highest BCUT2D eigenvalue weighted by atomic mass is 35.5. The lowest BCUT2D eigenvalue weighted by molar-refractivity contribution is -0.137. The van der Waals surface area contributed by atoms with Gasteiger partial charge in [0.05, 0.1) is 5.02 Å². The van der Waals surface area contributed by atoms with Gasteiger partial charge in [-0.25, -0.2) is 0 Å². The molecule has 0 aliphatic heterocycles. The van der Waals surface area contributed by atoms with Gasteiger partial charge in [-0.1, -0.05) is 30.1 Å². The number of H-pyrrole nitrogens is 1. The lowest BCUT2D eigenvalue weighted by Crippen LogP contribution is -1.99. The standard InChI is InChI=1S/C13H13Cl2NO2/c1-7(2-3-12(17)18)9-6-16-11-5-8(14)4-10(15)13(9)11/h4-7,16H,2-3H2,1H3,(H,17,18). The molecular weight excluding hydrogens is 273 g/mol. The van der Waals surface area contributed by atoms with Crippen molar-refractivity contribution in [1.29, 1.82) is 0 Å². The Hall–Kier alpha value is -1.19. The number of rotatable bonds is 4. The topological polar surface area (TPSA) is 53.1 Å². The van der Waals surface area contributed by atoms with Crippen LogP contribution in [0.3, 0.4) is 0 Å². The summed E-state index contributed by atoms with van der Waals surface area (Å²) >= 11 is 12.1. The van der Waals surface area contributed by atoms with Gasteiger partial charge in [0, 0.05) is 28.5 Å². The van der Waals surface area contributed by atoms with E-state index in [1.807, 2.05) is 19.2 Å². The average molecular weight is 286 g/mol. The molecular formula is C13H13Cl2NO2. The lowest BCUT2D eigenvalue weighted by Gasteiger charge is -2.09. The van der Waals surface area contributed by atoms with E-state index < -0.39 is 5.97 Å². The minimum absolute atomic E-state index is 0.133. The van der Waals surface area contributed by atoms with E-state index in [4.69, 9.17) is 28.3 Å². The summed E-state index contributed by atoms with van der Waals surface area (Å²) in [5, 5.41) is 10.8. The zero-order valence-corrected chi connectivity index (χ0v) is 11.3. The Balaban J connectivity index is 2.36. The average Bonchev–Trinajstić information content (AvgIpc) is 2.69. The van der Waals surface area contributed by atoms with Crippen molar-refractivity contribution in [3.05, 3.63) is 33.9 Å². The second-order valence-corrected chi connectivity index (χ2v) is 5.23. The highest BCUT2D eigenvalue weighted by molar-refractivity contribution is 6.38. The van der Waals surface area contributed by atoms with Crippen LogP contribution in [0.5, 0.6) is 0 Å². The van der Waals surface area contributed by atoms with E-state index >= 15 is 0 Å². The highest BCUT2D eigenvalue weighted by Crippen LogP contribution is 2.35. The molecule has 0 bridgehead atoms. The molecule has 0 aliphatic rings. The van der Waals surface area contributed by atoms with Crippen molar-refractivity contribution >= 4 is 40.1 Å². The van der Waals surface area contributed by atoms with Crippen LogP contribution in [-0.4, -0.2) is 16.1 Å². The molecule has 2 rings (SSSR count). The van der Waals surface area contributed by atoms with Gasteiger partial charge < -0.3 is 10.1 Å². The third kappa shape index (κ3) is 2.62.